The quantitative estimate of drug-likeness (QED) is 0.373. The van der Waals surface area contributed by atoms with Crippen LogP contribution in [-0.4, -0.2) is 62.2 Å². The number of β-lactam (4-membered cyclic amide) rings is 1. The third kappa shape index (κ3) is 4.04. The number of nitrogens with one attached hydrogen (secondary N) is 1. The van der Waals surface area contributed by atoms with Crippen molar-refractivity contribution in [2.75, 3.05) is 6.54 Å². The molecular formula is C21H28N4O5S. The van der Waals surface area contributed by atoms with Gasteiger partial charge in [0.05, 0.1) is 29.7 Å². The number of nitrogens with zero attached hydrogens (tertiary/aromatic N) is 3. The first-order valence-electron chi connectivity index (χ1n) is 10.6. The normalized spacial score (nSPS) is 31.0. The lowest BCUT2D eigenvalue weighted by atomic mass is 9.79. The van der Waals surface area contributed by atoms with Gasteiger partial charge in [0.25, 0.3) is 0 Å². The van der Waals surface area contributed by atoms with Gasteiger partial charge in [-0.25, -0.2) is 9.13 Å². The predicted molar refractivity (Wildman–Crippen MR) is 110 cm³/mol. The number of carbonyl (C=O) groups excluding carboxylic acids is 3. The summed E-state index contributed by atoms with van der Waals surface area (Å²) >= 11 is 1.51. The van der Waals surface area contributed by atoms with Gasteiger partial charge in [0.15, 0.2) is 5.78 Å². The molecule has 0 saturated carbocycles. The Morgan fingerprint density at radius 1 is 1.45 bits per heavy atom. The Hall–Kier alpha value is -2.17. The second-order valence-corrected chi connectivity index (χ2v) is 10.2. The summed E-state index contributed by atoms with van der Waals surface area (Å²) in [5.41, 5.74) is -0.0245. The van der Waals surface area contributed by atoms with Gasteiger partial charge in [-0.1, -0.05) is 6.92 Å². The Balaban J connectivity index is 1.41. The number of aromatic nitrogens is 2. The predicted octanol–water partition coefficient (Wildman–Crippen LogP) is -1.35. The van der Waals surface area contributed by atoms with E-state index in [4.69, 9.17) is 0 Å². The Morgan fingerprint density at radius 3 is 2.84 bits per heavy atom. The van der Waals surface area contributed by atoms with E-state index in [1.54, 1.807) is 13.8 Å². The number of hydrogen-bond acceptors (Lipinski definition) is 7. The minimum atomic E-state index is -1.33. The van der Waals surface area contributed by atoms with Crippen molar-refractivity contribution in [3.8, 4) is 0 Å². The van der Waals surface area contributed by atoms with E-state index in [1.165, 1.54) is 16.7 Å². The molecule has 168 valence electrons. The maximum atomic E-state index is 12.4. The van der Waals surface area contributed by atoms with E-state index in [9.17, 15) is 24.6 Å². The van der Waals surface area contributed by atoms with E-state index < -0.39 is 18.0 Å². The van der Waals surface area contributed by atoms with Crippen molar-refractivity contribution in [1.82, 2.24) is 14.8 Å². The first kappa shape index (κ1) is 22.0. The number of thioether (sulfide) groups is 1. The fraction of sp³-hybridized carbons (Fsp3) is 0.619. The van der Waals surface area contributed by atoms with Crippen LogP contribution in [0.2, 0.25) is 0 Å². The topological polar surface area (TPSA) is 119 Å². The van der Waals surface area contributed by atoms with Crippen molar-refractivity contribution in [2.45, 2.75) is 63.7 Å². The first-order valence-corrected chi connectivity index (χ1v) is 11.5. The highest BCUT2D eigenvalue weighted by Crippen LogP contribution is 2.51. The monoisotopic (exact) mass is 448 g/mol. The van der Waals surface area contributed by atoms with E-state index in [2.05, 4.69) is 5.32 Å². The maximum absolute atomic E-state index is 12.4. The Bertz CT molecular complexity index is 942. The number of carboxylic acids is 1. The highest BCUT2D eigenvalue weighted by molar-refractivity contribution is 8.03. The largest absolute Gasteiger partial charge is 0.543 e. The number of aliphatic carboxylic acids is 1. The summed E-state index contributed by atoms with van der Waals surface area (Å²) in [6.45, 7) is 6.89. The van der Waals surface area contributed by atoms with E-state index in [0.29, 0.717) is 11.4 Å². The van der Waals surface area contributed by atoms with Gasteiger partial charge in [0.2, 0.25) is 12.2 Å². The molecule has 0 aliphatic carbocycles. The average molecular weight is 449 g/mol. The van der Waals surface area contributed by atoms with E-state index in [1.807, 2.05) is 34.8 Å². The van der Waals surface area contributed by atoms with Crippen LogP contribution in [0.5, 0.6) is 0 Å². The molecule has 0 spiro atoms. The molecule has 6 atom stereocenters. The van der Waals surface area contributed by atoms with Crippen LogP contribution in [0.3, 0.4) is 0 Å². The van der Waals surface area contributed by atoms with Gasteiger partial charge >= 0.3 is 0 Å². The molecule has 31 heavy (non-hydrogen) atoms. The standard InChI is InChI=1S/C21H28N4O5S/c1-11(26)8-23-4-5-24(10-23)9-14-6-15(7-22-14)31-19-12(2)17-16(13(3)27)20(28)25(17)18(19)21(29)30/h4-5,10,12-17,22,27H,6-9H2,1-3H3/t12-,13-,14+,15+,16-,17-/m1/s1. The van der Waals surface area contributed by atoms with Crippen LogP contribution in [0.1, 0.15) is 27.2 Å². The Labute approximate surface area is 185 Å². The number of imidazole rings is 1. The van der Waals surface area contributed by atoms with Gasteiger partial charge in [-0.15, -0.1) is 11.8 Å². The molecule has 0 radical (unpaired) electrons. The van der Waals surface area contributed by atoms with Crippen LogP contribution in [0, 0.1) is 11.8 Å². The van der Waals surface area contributed by atoms with Crippen LogP contribution in [0.4, 0.5) is 0 Å². The van der Waals surface area contributed by atoms with Crippen LogP contribution < -0.4 is 15.0 Å². The van der Waals surface area contributed by atoms with Gasteiger partial charge in [-0.3, -0.25) is 9.59 Å². The summed E-state index contributed by atoms with van der Waals surface area (Å²) < 4.78 is 3.88. The molecule has 1 aromatic heterocycles. The Morgan fingerprint density at radius 2 is 2.19 bits per heavy atom. The van der Waals surface area contributed by atoms with Crippen molar-refractivity contribution in [3.05, 3.63) is 29.3 Å². The summed E-state index contributed by atoms with van der Waals surface area (Å²) in [5.74, 6) is -2.28. The number of ketones is 1. The van der Waals surface area contributed by atoms with E-state index >= 15 is 0 Å². The zero-order valence-corrected chi connectivity index (χ0v) is 18.7. The molecule has 0 unspecified atom stereocenters. The molecule has 2 fully saturated rings. The molecule has 1 amide bonds. The molecule has 4 heterocycles. The number of aliphatic hydroxyl groups is 1. The highest BCUT2D eigenvalue weighted by Gasteiger charge is 2.58. The summed E-state index contributed by atoms with van der Waals surface area (Å²) in [7, 11) is 0. The summed E-state index contributed by atoms with van der Waals surface area (Å²) in [6.07, 6.45) is 5.76. The zero-order valence-electron chi connectivity index (χ0n) is 17.9. The van der Waals surface area contributed by atoms with Crippen molar-refractivity contribution in [1.29, 1.82) is 0 Å². The molecule has 10 heteroatoms. The second-order valence-electron chi connectivity index (χ2n) is 8.82. The number of carboxylic acid groups (broad SMARTS) is 1. The number of fused-ring (bicyclic) bond motifs is 1. The number of carbonyl (C=O) groups is 3. The number of aliphatic hydroxyl groups excluding tert-OH is 1. The van der Waals surface area contributed by atoms with E-state index in [0.717, 1.165) is 19.5 Å². The molecule has 9 nitrogen and oxygen atoms in total. The SMILES string of the molecule is CC(=O)C[n+]1ccn(C[C@@H]2C[C@H](SC3=C(C(=O)[O-])N4C(=O)[C@H]([C@@H](C)O)[C@H]4[C@H]3C)CN2)c1. The highest BCUT2D eigenvalue weighted by atomic mass is 32.2. The fourth-order valence-electron chi connectivity index (χ4n) is 5.01. The van der Waals surface area contributed by atoms with Crippen molar-refractivity contribution in [2.24, 2.45) is 11.8 Å². The van der Waals surface area contributed by atoms with Gasteiger partial charge in [-0.05, 0) is 20.3 Å². The van der Waals surface area contributed by atoms with Crippen LogP contribution >= 0.6 is 11.8 Å². The molecule has 1 aromatic rings. The molecule has 2 N–H and O–H groups in total. The fourth-order valence-corrected chi connectivity index (χ4v) is 6.53. The van der Waals surface area contributed by atoms with Crippen LogP contribution in [0.15, 0.2) is 29.3 Å². The molecule has 2 saturated heterocycles. The molecule has 4 rings (SSSR count). The molecule has 3 aliphatic rings. The van der Waals surface area contributed by atoms with Crippen LogP contribution in [-0.2, 0) is 27.5 Å². The zero-order chi connectivity index (χ0) is 22.4. The second kappa shape index (κ2) is 8.40. The summed E-state index contributed by atoms with van der Waals surface area (Å²) in [5, 5.41) is 25.5. The average Bonchev–Trinajstić information content (AvgIpc) is 3.34. The molecular weight excluding hydrogens is 420 g/mol. The number of rotatable bonds is 8. The Kier molecular flexibility index (Phi) is 5.97. The third-order valence-corrected chi connectivity index (χ3v) is 7.87. The van der Waals surface area contributed by atoms with Gasteiger partial charge < -0.3 is 25.2 Å². The molecule has 0 bridgehead atoms. The summed E-state index contributed by atoms with van der Waals surface area (Å²) in [6, 6.07) is -0.0899. The maximum Gasteiger partial charge on any atom is 0.244 e. The molecule has 3 aliphatic heterocycles. The van der Waals surface area contributed by atoms with Crippen molar-refractivity contribution in [3.63, 3.8) is 0 Å². The number of amides is 1. The molecule has 0 aromatic carbocycles. The minimum absolute atomic E-state index is 0.0245. The smallest absolute Gasteiger partial charge is 0.244 e. The number of hydrogen-bond donors (Lipinski definition) is 2. The number of Topliss-reactive ketones (excluding diaryl/α,β-unsaturated/α-hetero) is 1. The minimum Gasteiger partial charge on any atom is -0.543 e. The lowest BCUT2D eigenvalue weighted by Gasteiger charge is -2.47. The van der Waals surface area contributed by atoms with Crippen LogP contribution in [0.25, 0.3) is 0 Å². The van der Waals surface area contributed by atoms with Crippen molar-refractivity contribution >= 4 is 29.4 Å². The van der Waals surface area contributed by atoms with Gasteiger partial charge in [0, 0.05) is 28.7 Å². The lowest BCUT2D eigenvalue weighted by molar-refractivity contribution is -0.683. The van der Waals surface area contributed by atoms with Gasteiger partial charge in [0.1, 0.15) is 25.5 Å². The van der Waals surface area contributed by atoms with Gasteiger partial charge in [-0.2, -0.15) is 0 Å². The first-order chi connectivity index (χ1) is 14.7. The van der Waals surface area contributed by atoms with Crippen molar-refractivity contribution < 1.29 is 29.2 Å². The third-order valence-electron chi connectivity index (χ3n) is 6.36. The lowest BCUT2D eigenvalue weighted by Crippen LogP contribution is -2.64. The van der Waals surface area contributed by atoms with E-state index in [-0.39, 0.29) is 40.6 Å². The summed E-state index contributed by atoms with van der Waals surface area (Å²) in [4.78, 5) is 37.5.